The maximum atomic E-state index is 5.06. The summed E-state index contributed by atoms with van der Waals surface area (Å²) in [4.78, 5) is 15.0. The van der Waals surface area contributed by atoms with Gasteiger partial charge in [-0.25, -0.2) is 19.6 Å². The van der Waals surface area contributed by atoms with Gasteiger partial charge in [-0.1, -0.05) is 133 Å². The number of hydrogen-bond acceptors (Lipinski definition) is 4. The SMILES string of the molecule is c1ccc(-c2nc(-c3ccccc3)nc(-c3cccc(-n4c5cc6c(cnn6-c6ccccc6)cc5c5c6c(ccc7ccccc76)ccc54)c3)n2)cc1. The molecule has 6 nitrogen and oxygen atoms in total. The number of para-hydroxylation sites is 1. The average Bonchev–Trinajstić information content (AvgIpc) is 3.82. The van der Waals surface area contributed by atoms with Crippen molar-refractivity contribution in [2.75, 3.05) is 0 Å². The molecule has 0 aliphatic rings. The zero-order valence-electron chi connectivity index (χ0n) is 29.0. The molecule has 0 N–H and O–H groups in total. The first-order valence-electron chi connectivity index (χ1n) is 18.1. The van der Waals surface area contributed by atoms with E-state index in [-0.39, 0.29) is 0 Å². The fourth-order valence-electron chi connectivity index (χ4n) is 7.90. The molecule has 0 fully saturated rings. The number of benzene rings is 8. The maximum absolute atomic E-state index is 5.06. The summed E-state index contributed by atoms with van der Waals surface area (Å²) in [5.41, 5.74) is 8.08. The molecule has 3 aromatic heterocycles. The third-order valence-electron chi connectivity index (χ3n) is 10.4. The Hall–Kier alpha value is -7.44. The molecule has 6 heteroatoms. The lowest BCUT2D eigenvalue weighted by Crippen LogP contribution is -2.01. The summed E-state index contributed by atoms with van der Waals surface area (Å²) in [6.45, 7) is 0. The minimum atomic E-state index is 0.617. The number of nitrogens with zero attached hydrogens (tertiary/aromatic N) is 6. The largest absolute Gasteiger partial charge is 0.309 e. The average molecular weight is 691 g/mol. The Bertz CT molecular complexity index is 3140. The number of aromatic nitrogens is 6. The zero-order valence-corrected chi connectivity index (χ0v) is 29.0. The van der Waals surface area contributed by atoms with Crippen molar-refractivity contribution in [3.63, 3.8) is 0 Å². The molecule has 0 spiro atoms. The van der Waals surface area contributed by atoms with E-state index in [1.165, 1.54) is 32.3 Å². The van der Waals surface area contributed by atoms with E-state index in [0.717, 1.165) is 50.0 Å². The lowest BCUT2D eigenvalue weighted by atomic mass is 9.97. The molecule has 0 aliphatic heterocycles. The van der Waals surface area contributed by atoms with Gasteiger partial charge in [-0.05, 0) is 64.0 Å². The first-order chi connectivity index (χ1) is 26.8. The van der Waals surface area contributed by atoms with Gasteiger partial charge in [0, 0.05) is 38.5 Å². The van der Waals surface area contributed by atoms with Crippen LogP contribution in [-0.4, -0.2) is 29.3 Å². The van der Waals surface area contributed by atoms with E-state index in [0.29, 0.717) is 17.5 Å². The highest BCUT2D eigenvalue weighted by molar-refractivity contribution is 6.29. The van der Waals surface area contributed by atoms with Gasteiger partial charge < -0.3 is 4.57 Å². The van der Waals surface area contributed by atoms with Gasteiger partial charge in [0.05, 0.1) is 28.4 Å². The fraction of sp³-hybridized carbons (Fsp3) is 0. The second-order valence-electron chi connectivity index (χ2n) is 13.6. The lowest BCUT2D eigenvalue weighted by molar-refractivity contribution is 0.911. The van der Waals surface area contributed by atoms with Crippen molar-refractivity contribution in [1.82, 2.24) is 29.3 Å². The molecule has 0 amide bonds. The van der Waals surface area contributed by atoms with E-state index in [2.05, 4.69) is 114 Å². The van der Waals surface area contributed by atoms with Gasteiger partial charge in [0.2, 0.25) is 0 Å². The van der Waals surface area contributed by atoms with Gasteiger partial charge in [-0.3, -0.25) is 0 Å². The Balaban J connectivity index is 1.20. The van der Waals surface area contributed by atoms with Crippen LogP contribution in [0.1, 0.15) is 0 Å². The maximum Gasteiger partial charge on any atom is 0.164 e. The van der Waals surface area contributed by atoms with Gasteiger partial charge in [-0.15, -0.1) is 0 Å². The van der Waals surface area contributed by atoms with E-state index in [1.807, 2.05) is 77.6 Å². The molecule has 11 rings (SSSR count). The Morgan fingerprint density at radius 1 is 0.352 bits per heavy atom. The molecule has 3 heterocycles. The van der Waals surface area contributed by atoms with Gasteiger partial charge in [0.15, 0.2) is 17.5 Å². The number of hydrogen-bond donors (Lipinski definition) is 0. The summed E-state index contributed by atoms with van der Waals surface area (Å²) < 4.78 is 4.41. The van der Waals surface area contributed by atoms with Crippen LogP contribution in [0.4, 0.5) is 0 Å². The summed E-state index contributed by atoms with van der Waals surface area (Å²) >= 11 is 0. The molecular formula is C48H30N6. The van der Waals surface area contributed by atoms with E-state index >= 15 is 0 Å². The molecule has 252 valence electrons. The Kier molecular flexibility index (Phi) is 6.75. The minimum Gasteiger partial charge on any atom is -0.309 e. The molecule has 0 atom stereocenters. The Labute approximate surface area is 310 Å². The highest BCUT2D eigenvalue weighted by Crippen LogP contribution is 2.42. The number of fused-ring (bicyclic) bond motifs is 8. The molecule has 54 heavy (non-hydrogen) atoms. The van der Waals surface area contributed by atoms with E-state index < -0.39 is 0 Å². The van der Waals surface area contributed by atoms with Crippen LogP contribution in [0.5, 0.6) is 0 Å². The normalized spacial score (nSPS) is 11.7. The van der Waals surface area contributed by atoms with Crippen molar-refractivity contribution in [3.8, 4) is 45.5 Å². The summed E-state index contributed by atoms with van der Waals surface area (Å²) in [5.74, 6) is 1.89. The van der Waals surface area contributed by atoms with Crippen LogP contribution in [0.25, 0.3) is 99.8 Å². The minimum absolute atomic E-state index is 0.617. The molecule has 0 saturated carbocycles. The van der Waals surface area contributed by atoms with Crippen LogP contribution in [0.2, 0.25) is 0 Å². The Morgan fingerprint density at radius 2 is 0.944 bits per heavy atom. The standard InChI is InChI=1S/C48H30N6/c1-4-14-33(15-5-1)46-50-47(34-16-6-2-7-17-34)52-48(51-46)35-18-12-21-38(27-35)53-41-26-25-32-24-23-31-13-10-11-22-39(31)44(32)45(41)40-28-36-30-49-54(42(36)29-43(40)53)37-19-8-3-9-20-37/h1-30H. The highest BCUT2D eigenvalue weighted by Gasteiger charge is 2.20. The van der Waals surface area contributed by atoms with Gasteiger partial charge in [0.25, 0.3) is 0 Å². The third-order valence-corrected chi connectivity index (χ3v) is 10.4. The highest BCUT2D eigenvalue weighted by atomic mass is 15.3. The monoisotopic (exact) mass is 690 g/mol. The van der Waals surface area contributed by atoms with Crippen molar-refractivity contribution < 1.29 is 0 Å². The number of rotatable bonds is 5. The zero-order chi connectivity index (χ0) is 35.6. The lowest BCUT2D eigenvalue weighted by Gasteiger charge is -2.12. The third kappa shape index (κ3) is 4.81. The quantitative estimate of drug-likeness (QED) is 0.169. The predicted octanol–water partition coefficient (Wildman–Crippen LogP) is 11.6. The van der Waals surface area contributed by atoms with Crippen LogP contribution in [0.3, 0.4) is 0 Å². The second-order valence-corrected chi connectivity index (χ2v) is 13.6. The molecular weight excluding hydrogens is 661 g/mol. The van der Waals surface area contributed by atoms with E-state index in [4.69, 9.17) is 20.1 Å². The molecule has 0 aliphatic carbocycles. The first kappa shape index (κ1) is 30.2. The molecule has 8 aromatic carbocycles. The molecule has 11 aromatic rings. The fourth-order valence-corrected chi connectivity index (χ4v) is 7.90. The summed E-state index contributed by atoms with van der Waals surface area (Å²) in [6.07, 6.45) is 1.98. The summed E-state index contributed by atoms with van der Waals surface area (Å²) in [6, 6.07) is 61.3. The van der Waals surface area contributed by atoms with Gasteiger partial charge in [-0.2, -0.15) is 5.10 Å². The van der Waals surface area contributed by atoms with Gasteiger partial charge >= 0.3 is 0 Å². The summed E-state index contributed by atoms with van der Waals surface area (Å²) in [5, 5.41) is 13.3. The Morgan fingerprint density at radius 3 is 1.69 bits per heavy atom. The van der Waals surface area contributed by atoms with Crippen molar-refractivity contribution in [2.24, 2.45) is 0 Å². The molecule has 0 unspecified atom stereocenters. The first-order valence-corrected chi connectivity index (χ1v) is 18.1. The van der Waals surface area contributed by atoms with Crippen molar-refractivity contribution >= 4 is 54.3 Å². The molecule has 0 radical (unpaired) electrons. The van der Waals surface area contributed by atoms with Crippen LogP contribution in [0.15, 0.2) is 182 Å². The second kappa shape index (κ2) is 12.1. The molecule has 0 saturated heterocycles. The van der Waals surface area contributed by atoms with E-state index in [1.54, 1.807) is 0 Å². The van der Waals surface area contributed by atoms with Crippen LogP contribution in [0, 0.1) is 0 Å². The van der Waals surface area contributed by atoms with Crippen molar-refractivity contribution in [2.45, 2.75) is 0 Å². The topological polar surface area (TPSA) is 61.4 Å². The van der Waals surface area contributed by atoms with Crippen molar-refractivity contribution in [1.29, 1.82) is 0 Å². The van der Waals surface area contributed by atoms with E-state index in [9.17, 15) is 0 Å². The summed E-state index contributed by atoms with van der Waals surface area (Å²) in [7, 11) is 0. The predicted molar refractivity (Wildman–Crippen MR) is 220 cm³/mol. The smallest absolute Gasteiger partial charge is 0.164 e. The van der Waals surface area contributed by atoms with Gasteiger partial charge in [0.1, 0.15) is 0 Å². The van der Waals surface area contributed by atoms with Crippen LogP contribution in [-0.2, 0) is 0 Å². The van der Waals surface area contributed by atoms with Crippen LogP contribution < -0.4 is 0 Å². The van der Waals surface area contributed by atoms with Crippen LogP contribution >= 0.6 is 0 Å². The van der Waals surface area contributed by atoms with Crippen molar-refractivity contribution in [3.05, 3.63) is 182 Å². The molecule has 0 bridgehead atoms.